The molecule has 2 rings (SSSR count). The molecule has 1 aromatic rings. The van der Waals surface area contributed by atoms with E-state index in [-0.39, 0.29) is 6.04 Å². The maximum absolute atomic E-state index is 12.6. The fourth-order valence-electron chi connectivity index (χ4n) is 2.50. The molecule has 1 aliphatic heterocycles. The first-order chi connectivity index (χ1) is 9.09. The van der Waals surface area contributed by atoms with Gasteiger partial charge in [0.05, 0.1) is 0 Å². The summed E-state index contributed by atoms with van der Waals surface area (Å²) in [7, 11) is -3.28. The predicted octanol–water partition coefficient (Wildman–Crippen LogP) is 2.42. The molecule has 2 heterocycles. The largest absolute Gasteiger partial charge is 0.313 e. The summed E-state index contributed by atoms with van der Waals surface area (Å²) in [6, 6.07) is 2.00. The molecule has 0 aromatic carbocycles. The van der Waals surface area contributed by atoms with Crippen molar-refractivity contribution in [2.45, 2.75) is 49.9 Å². The summed E-state index contributed by atoms with van der Waals surface area (Å²) in [5.74, 6) is 0. The number of nitrogens with zero attached hydrogens (tertiary/aromatic N) is 1. The van der Waals surface area contributed by atoms with Crippen molar-refractivity contribution >= 4 is 21.4 Å². The van der Waals surface area contributed by atoms with Crippen LogP contribution in [0.2, 0.25) is 0 Å². The first kappa shape index (κ1) is 15.0. The lowest BCUT2D eigenvalue weighted by atomic mass is 10.2. The second kappa shape index (κ2) is 6.35. The lowest BCUT2D eigenvalue weighted by Crippen LogP contribution is -2.34. The number of nitrogens with one attached hydrogen (secondary N) is 1. The molecule has 108 valence electrons. The Balaban J connectivity index is 2.17. The average Bonchev–Trinajstić information content (AvgIpc) is 3.05. The van der Waals surface area contributed by atoms with Gasteiger partial charge in [0.2, 0.25) is 0 Å². The first-order valence-electron chi connectivity index (χ1n) is 6.89. The summed E-state index contributed by atoms with van der Waals surface area (Å²) in [5.41, 5.74) is 1.05. The zero-order valence-corrected chi connectivity index (χ0v) is 13.2. The molecule has 0 saturated carbocycles. The lowest BCUT2D eigenvalue weighted by Gasteiger charge is -2.21. The van der Waals surface area contributed by atoms with Gasteiger partial charge in [-0.25, -0.2) is 8.42 Å². The average molecular weight is 302 g/mol. The summed E-state index contributed by atoms with van der Waals surface area (Å²) in [6.07, 6.45) is 2.87. The molecule has 1 saturated heterocycles. The highest BCUT2D eigenvalue weighted by Gasteiger charge is 2.34. The minimum atomic E-state index is -3.28. The zero-order valence-electron chi connectivity index (χ0n) is 11.6. The van der Waals surface area contributed by atoms with Gasteiger partial charge in [0, 0.05) is 19.1 Å². The van der Waals surface area contributed by atoms with Crippen LogP contribution in [0.15, 0.2) is 15.7 Å². The van der Waals surface area contributed by atoms with Gasteiger partial charge in [-0.1, -0.05) is 13.8 Å². The molecule has 1 atom stereocenters. The Morgan fingerprint density at radius 2 is 2.26 bits per heavy atom. The van der Waals surface area contributed by atoms with Crippen LogP contribution in [-0.4, -0.2) is 31.9 Å². The Hall–Kier alpha value is -0.430. The van der Waals surface area contributed by atoms with E-state index in [1.807, 2.05) is 18.4 Å². The third kappa shape index (κ3) is 3.18. The van der Waals surface area contributed by atoms with E-state index in [4.69, 9.17) is 0 Å². The minimum Gasteiger partial charge on any atom is -0.313 e. The standard InChI is InChI=1S/C13H22N2O2S2/c1-3-12-6-5-7-15(12)19(16,17)13-8-11(10-18-13)9-14-4-2/h8,10,12,14H,3-7,9H2,1-2H3. The van der Waals surface area contributed by atoms with Crippen LogP contribution in [0, 0.1) is 0 Å². The van der Waals surface area contributed by atoms with Crippen LogP contribution >= 0.6 is 11.3 Å². The summed E-state index contributed by atoms with van der Waals surface area (Å²) in [5, 5.41) is 5.15. The predicted molar refractivity (Wildman–Crippen MR) is 78.9 cm³/mol. The fraction of sp³-hybridized carbons (Fsp3) is 0.692. The van der Waals surface area contributed by atoms with Gasteiger partial charge in [-0.3, -0.25) is 0 Å². The van der Waals surface area contributed by atoms with Gasteiger partial charge in [-0.05, 0) is 42.8 Å². The maximum atomic E-state index is 12.6. The summed E-state index contributed by atoms with van der Waals surface area (Å²) in [6.45, 7) is 6.40. The van der Waals surface area contributed by atoms with E-state index in [0.717, 1.165) is 37.9 Å². The van der Waals surface area contributed by atoms with Crippen molar-refractivity contribution in [1.82, 2.24) is 9.62 Å². The molecular formula is C13H22N2O2S2. The quantitative estimate of drug-likeness (QED) is 0.878. The van der Waals surface area contributed by atoms with Crippen molar-refractivity contribution in [1.29, 1.82) is 0 Å². The molecule has 0 spiro atoms. The number of hydrogen-bond acceptors (Lipinski definition) is 4. The Labute approximate surface area is 119 Å². The van der Waals surface area contributed by atoms with E-state index in [9.17, 15) is 8.42 Å². The summed E-state index contributed by atoms with van der Waals surface area (Å²) in [4.78, 5) is 0. The van der Waals surface area contributed by atoms with Crippen molar-refractivity contribution < 1.29 is 8.42 Å². The molecule has 0 radical (unpaired) electrons. The minimum absolute atomic E-state index is 0.185. The van der Waals surface area contributed by atoms with Gasteiger partial charge < -0.3 is 5.32 Å². The molecule has 1 aromatic heterocycles. The smallest absolute Gasteiger partial charge is 0.252 e. The van der Waals surface area contributed by atoms with Crippen molar-refractivity contribution in [3.05, 3.63) is 17.0 Å². The maximum Gasteiger partial charge on any atom is 0.252 e. The normalized spacial score (nSPS) is 21.1. The molecule has 19 heavy (non-hydrogen) atoms. The van der Waals surface area contributed by atoms with Crippen LogP contribution < -0.4 is 5.32 Å². The fourth-order valence-corrected chi connectivity index (χ4v) is 5.60. The third-order valence-electron chi connectivity index (χ3n) is 3.57. The van der Waals surface area contributed by atoms with Gasteiger partial charge >= 0.3 is 0 Å². The van der Waals surface area contributed by atoms with Gasteiger partial charge in [0.1, 0.15) is 4.21 Å². The Bertz CT molecular complexity index is 510. The van der Waals surface area contributed by atoms with Crippen molar-refractivity contribution in [3.8, 4) is 0 Å². The molecule has 1 fully saturated rings. The molecule has 0 amide bonds. The number of thiophene rings is 1. The number of hydrogen-bond donors (Lipinski definition) is 1. The Morgan fingerprint density at radius 1 is 1.47 bits per heavy atom. The van der Waals surface area contributed by atoms with Crippen LogP contribution in [0.25, 0.3) is 0 Å². The first-order valence-corrected chi connectivity index (χ1v) is 9.21. The van der Waals surface area contributed by atoms with Crippen LogP contribution in [0.4, 0.5) is 0 Å². The second-order valence-electron chi connectivity index (χ2n) is 4.87. The van der Waals surface area contributed by atoms with E-state index in [1.54, 1.807) is 4.31 Å². The van der Waals surface area contributed by atoms with Crippen molar-refractivity contribution in [2.24, 2.45) is 0 Å². The SMILES string of the molecule is CCNCc1csc(S(=O)(=O)N2CCCC2CC)c1. The summed E-state index contributed by atoms with van der Waals surface area (Å²) < 4.78 is 27.4. The van der Waals surface area contributed by atoms with Gasteiger partial charge in [0.25, 0.3) is 10.0 Å². The van der Waals surface area contributed by atoms with E-state index in [0.29, 0.717) is 10.8 Å². The van der Waals surface area contributed by atoms with Gasteiger partial charge in [-0.2, -0.15) is 4.31 Å². The monoisotopic (exact) mass is 302 g/mol. The number of rotatable bonds is 6. The van der Waals surface area contributed by atoms with E-state index >= 15 is 0 Å². The number of sulfonamides is 1. The zero-order chi connectivity index (χ0) is 13.9. The van der Waals surface area contributed by atoms with E-state index in [2.05, 4.69) is 12.2 Å². The molecular weight excluding hydrogens is 280 g/mol. The van der Waals surface area contributed by atoms with Crippen LogP contribution in [0.1, 0.15) is 38.7 Å². The van der Waals surface area contributed by atoms with E-state index in [1.165, 1.54) is 11.3 Å². The van der Waals surface area contributed by atoms with Gasteiger partial charge in [-0.15, -0.1) is 11.3 Å². The molecule has 0 bridgehead atoms. The third-order valence-corrected chi connectivity index (χ3v) is 6.98. The molecule has 6 heteroatoms. The highest BCUT2D eigenvalue weighted by Crippen LogP contribution is 2.30. The Morgan fingerprint density at radius 3 is 2.95 bits per heavy atom. The molecule has 1 N–H and O–H groups in total. The molecule has 0 aliphatic carbocycles. The lowest BCUT2D eigenvalue weighted by molar-refractivity contribution is 0.380. The van der Waals surface area contributed by atoms with Crippen LogP contribution in [0.3, 0.4) is 0 Å². The van der Waals surface area contributed by atoms with Crippen LogP contribution in [0.5, 0.6) is 0 Å². The van der Waals surface area contributed by atoms with Crippen molar-refractivity contribution in [3.63, 3.8) is 0 Å². The van der Waals surface area contributed by atoms with E-state index < -0.39 is 10.0 Å². The highest BCUT2D eigenvalue weighted by molar-refractivity contribution is 7.91. The van der Waals surface area contributed by atoms with Crippen LogP contribution in [-0.2, 0) is 16.6 Å². The Kier molecular flexibility index (Phi) is 5.00. The molecule has 4 nitrogen and oxygen atoms in total. The van der Waals surface area contributed by atoms with Crippen molar-refractivity contribution in [2.75, 3.05) is 13.1 Å². The highest BCUT2D eigenvalue weighted by atomic mass is 32.2. The summed E-state index contributed by atoms with van der Waals surface area (Å²) >= 11 is 1.34. The molecule has 1 unspecified atom stereocenters. The van der Waals surface area contributed by atoms with Gasteiger partial charge in [0.15, 0.2) is 0 Å². The topological polar surface area (TPSA) is 49.4 Å². The second-order valence-corrected chi connectivity index (χ2v) is 7.90. The molecule has 1 aliphatic rings.